The van der Waals surface area contributed by atoms with E-state index in [-0.39, 0.29) is 42.5 Å². The Labute approximate surface area is 156 Å². The molecule has 1 N–H and O–H groups in total. The van der Waals surface area contributed by atoms with E-state index in [4.69, 9.17) is 16.3 Å². The van der Waals surface area contributed by atoms with E-state index in [1.54, 1.807) is 18.2 Å². The summed E-state index contributed by atoms with van der Waals surface area (Å²) in [5.41, 5.74) is 0.471. The number of imide groups is 1. The summed E-state index contributed by atoms with van der Waals surface area (Å²) < 4.78 is 5.20. The highest BCUT2D eigenvalue weighted by molar-refractivity contribution is 6.31. The third-order valence-electron chi connectivity index (χ3n) is 6.02. The smallest absolute Gasteiger partial charge is 0.233 e. The number of ether oxygens (including phenoxy) is 1. The number of hydrogen-bond donors (Lipinski definition) is 1. The Morgan fingerprint density at radius 3 is 2.50 bits per heavy atom. The molecular formula is C19H21ClN2O4. The number of methoxy groups -OCH3 is 1. The number of anilines is 1. The van der Waals surface area contributed by atoms with E-state index in [0.717, 1.165) is 19.3 Å². The van der Waals surface area contributed by atoms with E-state index in [1.165, 1.54) is 12.0 Å². The van der Waals surface area contributed by atoms with Gasteiger partial charge in [0.1, 0.15) is 5.75 Å². The molecular weight excluding hydrogens is 356 g/mol. The minimum absolute atomic E-state index is 0.0575. The molecule has 138 valence electrons. The van der Waals surface area contributed by atoms with Crippen molar-refractivity contribution in [1.82, 2.24) is 4.90 Å². The van der Waals surface area contributed by atoms with Gasteiger partial charge in [-0.15, -0.1) is 0 Å². The molecule has 4 atom stereocenters. The number of amides is 3. The lowest BCUT2D eigenvalue weighted by Crippen LogP contribution is -2.35. The molecule has 2 aliphatic carbocycles. The first-order chi connectivity index (χ1) is 12.5. The van der Waals surface area contributed by atoms with Crippen molar-refractivity contribution in [3.8, 4) is 5.75 Å². The Morgan fingerprint density at radius 1 is 1.23 bits per heavy atom. The van der Waals surface area contributed by atoms with Crippen molar-refractivity contribution in [1.29, 1.82) is 0 Å². The lowest BCUT2D eigenvalue weighted by molar-refractivity contribution is -0.140. The summed E-state index contributed by atoms with van der Waals surface area (Å²) in [5, 5.41) is 3.22. The average molecular weight is 377 g/mol. The van der Waals surface area contributed by atoms with Crippen LogP contribution in [0.25, 0.3) is 0 Å². The van der Waals surface area contributed by atoms with Crippen LogP contribution in [-0.4, -0.2) is 36.3 Å². The van der Waals surface area contributed by atoms with Crippen molar-refractivity contribution in [2.45, 2.75) is 25.7 Å². The van der Waals surface area contributed by atoms with Crippen molar-refractivity contribution in [2.75, 3.05) is 19.0 Å². The van der Waals surface area contributed by atoms with Crippen LogP contribution in [0, 0.1) is 23.7 Å². The Bertz CT molecular complexity index is 753. The second kappa shape index (κ2) is 6.58. The number of likely N-dealkylation sites (tertiary alicyclic amines) is 1. The Hall–Kier alpha value is -2.08. The van der Waals surface area contributed by atoms with E-state index in [0.29, 0.717) is 28.3 Å². The van der Waals surface area contributed by atoms with Crippen molar-refractivity contribution in [3.05, 3.63) is 23.2 Å². The fourth-order valence-electron chi connectivity index (χ4n) is 4.89. The van der Waals surface area contributed by atoms with Crippen LogP contribution in [0.2, 0.25) is 5.02 Å². The topological polar surface area (TPSA) is 75.7 Å². The zero-order valence-electron chi connectivity index (χ0n) is 14.5. The summed E-state index contributed by atoms with van der Waals surface area (Å²) in [4.78, 5) is 38.9. The molecule has 1 heterocycles. The number of rotatable bonds is 5. The van der Waals surface area contributed by atoms with Crippen LogP contribution in [0.5, 0.6) is 5.75 Å². The first-order valence-electron chi connectivity index (χ1n) is 8.98. The maximum atomic E-state index is 12.6. The van der Waals surface area contributed by atoms with Gasteiger partial charge in [-0.2, -0.15) is 0 Å². The van der Waals surface area contributed by atoms with Crippen LogP contribution in [0.4, 0.5) is 5.69 Å². The summed E-state index contributed by atoms with van der Waals surface area (Å²) in [5.74, 6) is 0.482. The first-order valence-corrected chi connectivity index (χ1v) is 9.36. The Morgan fingerprint density at radius 2 is 1.88 bits per heavy atom. The summed E-state index contributed by atoms with van der Waals surface area (Å²) in [7, 11) is 1.51. The highest BCUT2D eigenvalue weighted by Crippen LogP contribution is 2.56. The summed E-state index contributed by atoms with van der Waals surface area (Å²) in [6.45, 7) is 0.124. The van der Waals surface area contributed by atoms with Crippen LogP contribution >= 0.6 is 11.6 Å². The molecule has 4 rings (SSSR count). The van der Waals surface area contributed by atoms with Gasteiger partial charge in [0.2, 0.25) is 17.7 Å². The number of carbonyl (C=O) groups excluding carboxylic acids is 3. The second-order valence-corrected chi connectivity index (χ2v) is 7.79. The van der Waals surface area contributed by atoms with E-state index >= 15 is 0 Å². The maximum Gasteiger partial charge on any atom is 0.233 e. The molecule has 2 bridgehead atoms. The summed E-state index contributed by atoms with van der Waals surface area (Å²) in [6, 6.07) is 4.94. The van der Waals surface area contributed by atoms with E-state index in [1.807, 2.05) is 0 Å². The predicted octanol–water partition coefficient (Wildman–Crippen LogP) is 2.71. The second-order valence-electron chi connectivity index (χ2n) is 7.36. The van der Waals surface area contributed by atoms with Crippen LogP contribution in [0.1, 0.15) is 25.7 Å². The van der Waals surface area contributed by atoms with Gasteiger partial charge >= 0.3 is 0 Å². The molecule has 0 radical (unpaired) electrons. The summed E-state index contributed by atoms with van der Waals surface area (Å²) in [6.07, 6.45) is 3.17. The SMILES string of the molecule is COc1ccc(Cl)cc1NC(=O)CCN1C(=O)[C@@H]2[C@H]3CC[C@@H](C3)[C@H]2C1=O. The molecule has 26 heavy (non-hydrogen) atoms. The fraction of sp³-hybridized carbons (Fsp3) is 0.526. The lowest BCUT2D eigenvalue weighted by atomic mass is 9.81. The number of carbonyl (C=O) groups is 3. The largest absolute Gasteiger partial charge is 0.495 e. The third kappa shape index (κ3) is 2.76. The monoisotopic (exact) mass is 376 g/mol. The number of nitrogens with one attached hydrogen (secondary N) is 1. The Kier molecular flexibility index (Phi) is 4.39. The van der Waals surface area contributed by atoms with Gasteiger partial charge in [-0.3, -0.25) is 19.3 Å². The van der Waals surface area contributed by atoms with Gasteiger partial charge in [0.15, 0.2) is 0 Å². The van der Waals surface area contributed by atoms with Crippen LogP contribution in [-0.2, 0) is 14.4 Å². The molecule has 6 nitrogen and oxygen atoms in total. The molecule has 1 aromatic rings. The van der Waals surface area contributed by atoms with Crippen molar-refractivity contribution >= 4 is 35.0 Å². The third-order valence-corrected chi connectivity index (χ3v) is 6.25. The normalized spacial score (nSPS) is 29.2. The predicted molar refractivity (Wildman–Crippen MR) is 95.8 cm³/mol. The van der Waals surface area contributed by atoms with Crippen molar-refractivity contribution in [2.24, 2.45) is 23.7 Å². The number of fused-ring (bicyclic) bond motifs is 5. The zero-order valence-corrected chi connectivity index (χ0v) is 15.3. The minimum Gasteiger partial charge on any atom is -0.495 e. The first kappa shape index (κ1) is 17.3. The molecule has 0 unspecified atom stereocenters. The van der Waals surface area contributed by atoms with Gasteiger partial charge in [0.05, 0.1) is 24.6 Å². The van der Waals surface area contributed by atoms with Gasteiger partial charge in [-0.25, -0.2) is 0 Å². The number of halogens is 1. The van der Waals surface area contributed by atoms with Crippen LogP contribution in [0.3, 0.4) is 0 Å². The van der Waals surface area contributed by atoms with Crippen LogP contribution in [0.15, 0.2) is 18.2 Å². The lowest BCUT2D eigenvalue weighted by Gasteiger charge is -2.19. The minimum atomic E-state index is -0.286. The van der Waals surface area contributed by atoms with E-state index in [9.17, 15) is 14.4 Å². The highest BCUT2D eigenvalue weighted by atomic mass is 35.5. The quantitative estimate of drug-likeness (QED) is 0.802. The number of hydrogen-bond acceptors (Lipinski definition) is 4. The van der Waals surface area contributed by atoms with Crippen molar-refractivity contribution < 1.29 is 19.1 Å². The van der Waals surface area contributed by atoms with Gasteiger partial charge in [0, 0.05) is 18.0 Å². The number of nitrogens with zero attached hydrogens (tertiary/aromatic N) is 1. The van der Waals surface area contributed by atoms with Gasteiger partial charge < -0.3 is 10.1 Å². The van der Waals surface area contributed by atoms with Gasteiger partial charge in [-0.1, -0.05) is 11.6 Å². The summed E-state index contributed by atoms with van der Waals surface area (Å²) >= 11 is 5.96. The standard InChI is InChI=1S/C19H21ClN2O4/c1-26-14-5-4-12(20)9-13(14)21-15(23)6-7-22-18(24)16-10-2-3-11(8-10)17(16)19(22)25/h4-5,9-11,16-17H,2-3,6-8H2,1H3,(H,21,23)/t10-,11-,16+,17+/m0/s1. The molecule has 3 amide bonds. The van der Waals surface area contributed by atoms with Crippen LogP contribution < -0.4 is 10.1 Å². The van der Waals surface area contributed by atoms with Crippen molar-refractivity contribution in [3.63, 3.8) is 0 Å². The van der Waals surface area contributed by atoms with Gasteiger partial charge in [0.25, 0.3) is 0 Å². The molecule has 1 aliphatic heterocycles. The Balaban J connectivity index is 1.39. The molecule has 3 fully saturated rings. The molecule has 0 aromatic heterocycles. The average Bonchev–Trinajstić information content (AvgIpc) is 3.28. The molecule has 7 heteroatoms. The molecule has 1 aromatic carbocycles. The molecule has 2 saturated carbocycles. The molecule has 0 spiro atoms. The molecule has 1 saturated heterocycles. The van der Waals surface area contributed by atoms with Gasteiger partial charge in [-0.05, 0) is 49.3 Å². The van der Waals surface area contributed by atoms with E-state index < -0.39 is 0 Å². The fourth-order valence-corrected chi connectivity index (χ4v) is 5.07. The maximum absolute atomic E-state index is 12.6. The zero-order chi connectivity index (χ0) is 18.4. The number of benzene rings is 1. The molecule has 3 aliphatic rings. The van der Waals surface area contributed by atoms with E-state index in [2.05, 4.69) is 5.32 Å². The highest BCUT2D eigenvalue weighted by Gasteiger charge is 2.60.